The standard InChI is InChI=1S/C22H14BrN3O5/c23-15-7-9-16(10-8-15)25-21(13-4-2-1-3-5-13)19(22(28)29)20(24-25)14-6-11-17(26(30)31)18(27)12-14/h1-12,27H,(H,28,29). The highest BCUT2D eigenvalue weighted by molar-refractivity contribution is 9.10. The number of aromatic nitrogens is 2. The van der Waals surface area contributed by atoms with Crippen molar-refractivity contribution < 1.29 is 19.9 Å². The van der Waals surface area contributed by atoms with E-state index >= 15 is 0 Å². The Morgan fingerprint density at radius 3 is 2.26 bits per heavy atom. The summed E-state index contributed by atoms with van der Waals surface area (Å²) in [7, 11) is 0. The predicted molar refractivity (Wildman–Crippen MR) is 117 cm³/mol. The number of hydrogen-bond acceptors (Lipinski definition) is 5. The van der Waals surface area contributed by atoms with Crippen molar-refractivity contribution in [1.82, 2.24) is 9.78 Å². The van der Waals surface area contributed by atoms with Crippen LogP contribution >= 0.6 is 15.9 Å². The lowest BCUT2D eigenvalue weighted by Crippen LogP contribution is -2.03. The summed E-state index contributed by atoms with van der Waals surface area (Å²) in [4.78, 5) is 22.6. The van der Waals surface area contributed by atoms with Crippen LogP contribution in [-0.2, 0) is 0 Å². The molecule has 31 heavy (non-hydrogen) atoms. The van der Waals surface area contributed by atoms with E-state index in [-0.39, 0.29) is 16.8 Å². The summed E-state index contributed by atoms with van der Waals surface area (Å²) in [6.45, 7) is 0. The summed E-state index contributed by atoms with van der Waals surface area (Å²) in [5.41, 5.74) is 1.38. The molecule has 4 aromatic rings. The second kappa shape index (κ2) is 8.04. The van der Waals surface area contributed by atoms with Gasteiger partial charge in [0.05, 0.1) is 16.3 Å². The summed E-state index contributed by atoms with van der Waals surface area (Å²) >= 11 is 3.38. The second-order valence-corrected chi connectivity index (χ2v) is 7.51. The lowest BCUT2D eigenvalue weighted by atomic mass is 10.0. The van der Waals surface area contributed by atoms with Crippen molar-refractivity contribution in [3.05, 3.63) is 92.9 Å². The lowest BCUT2D eigenvalue weighted by Gasteiger charge is -2.09. The molecule has 0 aliphatic heterocycles. The third kappa shape index (κ3) is 3.78. The molecule has 0 amide bonds. The molecule has 0 saturated carbocycles. The predicted octanol–water partition coefficient (Wildman–Crippen LogP) is 5.28. The van der Waals surface area contributed by atoms with Crippen LogP contribution < -0.4 is 0 Å². The smallest absolute Gasteiger partial charge is 0.340 e. The fraction of sp³-hybridized carbons (Fsp3) is 0. The van der Waals surface area contributed by atoms with Crippen molar-refractivity contribution in [2.75, 3.05) is 0 Å². The highest BCUT2D eigenvalue weighted by Crippen LogP contribution is 2.37. The van der Waals surface area contributed by atoms with Gasteiger partial charge in [0.2, 0.25) is 0 Å². The van der Waals surface area contributed by atoms with E-state index < -0.39 is 22.3 Å². The van der Waals surface area contributed by atoms with Gasteiger partial charge in [0.1, 0.15) is 11.3 Å². The number of aromatic hydroxyl groups is 1. The first-order chi connectivity index (χ1) is 14.9. The minimum absolute atomic E-state index is 0.0811. The largest absolute Gasteiger partial charge is 0.502 e. The first-order valence-corrected chi connectivity index (χ1v) is 9.81. The van der Waals surface area contributed by atoms with E-state index in [0.717, 1.165) is 16.6 Å². The average molecular weight is 480 g/mol. The van der Waals surface area contributed by atoms with E-state index in [1.165, 1.54) is 10.7 Å². The number of carboxylic acid groups (broad SMARTS) is 1. The molecule has 0 spiro atoms. The van der Waals surface area contributed by atoms with Gasteiger partial charge in [0, 0.05) is 21.7 Å². The number of halogens is 1. The summed E-state index contributed by atoms with van der Waals surface area (Å²) in [6.07, 6.45) is 0. The minimum atomic E-state index is -1.21. The zero-order valence-corrected chi connectivity index (χ0v) is 17.4. The Kier molecular flexibility index (Phi) is 5.26. The van der Waals surface area contributed by atoms with Gasteiger partial charge in [0.25, 0.3) is 0 Å². The van der Waals surface area contributed by atoms with Crippen LogP contribution in [0.25, 0.3) is 28.2 Å². The van der Waals surface area contributed by atoms with E-state index in [4.69, 9.17) is 0 Å². The van der Waals surface area contributed by atoms with E-state index in [1.807, 2.05) is 18.2 Å². The number of rotatable bonds is 5. The molecule has 1 heterocycles. The molecule has 0 radical (unpaired) electrons. The summed E-state index contributed by atoms with van der Waals surface area (Å²) in [5.74, 6) is -1.78. The lowest BCUT2D eigenvalue weighted by molar-refractivity contribution is -0.385. The molecule has 0 unspecified atom stereocenters. The van der Waals surface area contributed by atoms with Gasteiger partial charge < -0.3 is 10.2 Å². The van der Waals surface area contributed by atoms with Crippen LogP contribution in [-0.4, -0.2) is 30.9 Å². The number of carbonyl (C=O) groups is 1. The average Bonchev–Trinajstić information content (AvgIpc) is 3.15. The number of phenols is 1. The summed E-state index contributed by atoms with van der Waals surface area (Å²) < 4.78 is 2.36. The maximum atomic E-state index is 12.3. The Morgan fingerprint density at radius 2 is 1.68 bits per heavy atom. The molecule has 9 heteroatoms. The Bertz CT molecular complexity index is 1300. The highest BCUT2D eigenvalue weighted by Gasteiger charge is 2.27. The Hall–Kier alpha value is -3.98. The fourth-order valence-electron chi connectivity index (χ4n) is 3.28. The number of carboxylic acids is 1. The molecule has 0 atom stereocenters. The molecule has 0 fully saturated rings. The Balaban J connectivity index is 2.03. The van der Waals surface area contributed by atoms with Gasteiger partial charge in [-0.3, -0.25) is 10.1 Å². The number of nitrogens with zero attached hydrogens (tertiary/aromatic N) is 3. The number of nitro benzene ring substituents is 1. The van der Waals surface area contributed by atoms with Gasteiger partial charge in [0.15, 0.2) is 5.75 Å². The van der Waals surface area contributed by atoms with Gasteiger partial charge in [-0.25, -0.2) is 9.48 Å². The monoisotopic (exact) mass is 479 g/mol. The van der Waals surface area contributed by atoms with Crippen molar-refractivity contribution in [3.63, 3.8) is 0 Å². The van der Waals surface area contributed by atoms with E-state index in [2.05, 4.69) is 21.0 Å². The van der Waals surface area contributed by atoms with Crippen molar-refractivity contribution in [3.8, 4) is 34.0 Å². The first kappa shape index (κ1) is 20.3. The third-order valence-corrected chi connectivity index (χ3v) is 5.19. The number of benzene rings is 3. The molecular weight excluding hydrogens is 466 g/mol. The molecule has 4 rings (SSSR count). The van der Waals surface area contributed by atoms with Crippen LogP contribution in [0.3, 0.4) is 0 Å². The van der Waals surface area contributed by atoms with Gasteiger partial charge >= 0.3 is 11.7 Å². The van der Waals surface area contributed by atoms with Crippen LogP contribution in [0.1, 0.15) is 10.4 Å². The second-order valence-electron chi connectivity index (χ2n) is 6.59. The molecule has 3 aromatic carbocycles. The zero-order valence-electron chi connectivity index (χ0n) is 15.8. The van der Waals surface area contributed by atoms with E-state index in [0.29, 0.717) is 16.9 Å². The number of nitro groups is 1. The van der Waals surface area contributed by atoms with Crippen molar-refractivity contribution in [2.24, 2.45) is 0 Å². The quantitative estimate of drug-likeness (QED) is 0.296. The number of aromatic carboxylic acids is 1. The third-order valence-electron chi connectivity index (χ3n) is 4.66. The van der Waals surface area contributed by atoms with Crippen LogP contribution in [0.5, 0.6) is 5.75 Å². The van der Waals surface area contributed by atoms with Gasteiger partial charge in [-0.1, -0.05) is 46.3 Å². The SMILES string of the molecule is O=C(O)c1c(-c2ccc([N+](=O)[O-])c(O)c2)nn(-c2ccc(Br)cc2)c1-c1ccccc1. The van der Waals surface area contributed by atoms with Crippen LogP contribution in [0, 0.1) is 10.1 Å². The highest BCUT2D eigenvalue weighted by atomic mass is 79.9. The summed E-state index contributed by atoms with van der Waals surface area (Å²) in [5, 5.41) is 35.7. The molecule has 0 saturated heterocycles. The molecule has 2 N–H and O–H groups in total. The van der Waals surface area contributed by atoms with Crippen molar-refractivity contribution in [2.45, 2.75) is 0 Å². The van der Waals surface area contributed by atoms with Crippen molar-refractivity contribution >= 4 is 27.6 Å². The normalized spacial score (nSPS) is 10.7. The molecular formula is C22H14BrN3O5. The number of phenolic OH excluding ortho intramolecular Hbond substituents is 1. The van der Waals surface area contributed by atoms with Crippen LogP contribution in [0.4, 0.5) is 5.69 Å². The van der Waals surface area contributed by atoms with Gasteiger partial charge in [-0.2, -0.15) is 5.10 Å². The molecule has 154 valence electrons. The minimum Gasteiger partial charge on any atom is -0.502 e. The Labute approximate surface area is 184 Å². The molecule has 0 aliphatic rings. The van der Waals surface area contributed by atoms with E-state index in [9.17, 15) is 25.1 Å². The Morgan fingerprint density at radius 1 is 1.00 bits per heavy atom. The first-order valence-electron chi connectivity index (χ1n) is 9.02. The van der Waals surface area contributed by atoms with E-state index in [1.54, 1.807) is 36.4 Å². The van der Waals surface area contributed by atoms with Crippen LogP contribution in [0.15, 0.2) is 77.3 Å². The maximum Gasteiger partial charge on any atom is 0.340 e. The molecule has 1 aromatic heterocycles. The molecule has 0 bridgehead atoms. The van der Waals surface area contributed by atoms with Crippen molar-refractivity contribution in [1.29, 1.82) is 0 Å². The topological polar surface area (TPSA) is 118 Å². The van der Waals surface area contributed by atoms with Gasteiger partial charge in [-0.15, -0.1) is 0 Å². The molecule has 8 nitrogen and oxygen atoms in total. The molecule has 0 aliphatic carbocycles. The number of hydrogen-bond donors (Lipinski definition) is 2. The van der Waals surface area contributed by atoms with Gasteiger partial charge in [-0.05, 0) is 36.4 Å². The maximum absolute atomic E-state index is 12.3. The fourth-order valence-corrected chi connectivity index (χ4v) is 3.54. The van der Waals surface area contributed by atoms with Crippen LogP contribution in [0.2, 0.25) is 0 Å². The zero-order chi connectivity index (χ0) is 22.1. The summed E-state index contributed by atoms with van der Waals surface area (Å²) in [6, 6.07) is 19.8.